The van der Waals surface area contributed by atoms with Crippen molar-refractivity contribution in [3.63, 3.8) is 0 Å². The Bertz CT molecular complexity index is 1980. The maximum atomic E-state index is 15.3. The van der Waals surface area contributed by atoms with Crippen molar-refractivity contribution in [2.75, 3.05) is 0 Å². The molecular weight excluding hydrogens is 814 g/mol. The highest BCUT2D eigenvalue weighted by Gasteiger charge is 2.46. The maximum Gasteiger partial charge on any atom is 0.311 e. The Morgan fingerprint density at radius 1 is 0.641 bits per heavy atom. The van der Waals surface area contributed by atoms with Crippen LogP contribution in [0.2, 0.25) is 0 Å². The van der Waals surface area contributed by atoms with E-state index in [-0.39, 0.29) is 82.3 Å². The molecule has 8 rings (SSSR count). The summed E-state index contributed by atoms with van der Waals surface area (Å²) in [7, 11) is 0. The standard InChI is InChI=1S/C38H50F2N2O4.C12H15FO.C4H10/c1-37-15-9-3-5-11-23(35(37)41)17-27-29(37)19-25(21-31(27)39)45-33(43)13-7-8-14-34(44)46-26-20-30-28(32(40)22-26)18-24-12-6-4-10-16-38(30,2)36(24)42;1-2-8-4-3-5-10-11(8)6-9(14)7-12(10)13;1-3-4-2/h19-24,35-36H,3-18,41-42H2,1-2H3;6-8,14H,2-5H2,1H3;3-4H2,1-2H3. The van der Waals surface area contributed by atoms with Crippen LogP contribution in [0, 0.1) is 29.3 Å². The lowest BCUT2D eigenvalue weighted by Gasteiger charge is -2.47. The number of phenols is 1. The van der Waals surface area contributed by atoms with Crippen LogP contribution in [0.25, 0.3) is 0 Å². The Morgan fingerprint density at radius 2 is 1.11 bits per heavy atom. The van der Waals surface area contributed by atoms with Gasteiger partial charge >= 0.3 is 11.9 Å². The van der Waals surface area contributed by atoms with E-state index in [9.17, 15) is 19.1 Å². The number of halogens is 3. The van der Waals surface area contributed by atoms with E-state index in [0.29, 0.717) is 42.7 Å². The van der Waals surface area contributed by atoms with Gasteiger partial charge in [0.1, 0.15) is 34.7 Å². The summed E-state index contributed by atoms with van der Waals surface area (Å²) in [5.74, 6) is -0.462. The molecule has 2 saturated carbocycles. The summed E-state index contributed by atoms with van der Waals surface area (Å²) in [5.41, 5.74) is 17.8. The molecule has 7 atom stereocenters. The number of phenolic OH excluding ortho intramolecular Hbond substituents is 1. The molecular formula is C54H75F3N2O5. The Kier molecular flexibility index (Phi) is 17.1. The van der Waals surface area contributed by atoms with Gasteiger partial charge in [-0.3, -0.25) is 9.59 Å². The lowest BCUT2D eigenvalue weighted by molar-refractivity contribution is -0.136. The summed E-state index contributed by atoms with van der Waals surface area (Å²) < 4.78 is 55.3. The fourth-order valence-corrected chi connectivity index (χ4v) is 11.5. The Labute approximate surface area is 380 Å². The van der Waals surface area contributed by atoms with Gasteiger partial charge in [0.2, 0.25) is 0 Å². The van der Waals surface area contributed by atoms with Crippen molar-refractivity contribution in [1.82, 2.24) is 0 Å². The molecule has 4 bridgehead atoms. The van der Waals surface area contributed by atoms with Crippen LogP contribution in [0.3, 0.4) is 0 Å². The highest BCUT2D eigenvalue weighted by Crippen LogP contribution is 2.49. The lowest BCUT2D eigenvalue weighted by atomic mass is 9.60. The van der Waals surface area contributed by atoms with Crippen LogP contribution in [-0.2, 0) is 39.7 Å². The van der Waals surface area contributed by atoms with Crippen LogP contribution < -0.4 is 20.9 Å². The second kappa shape index (κ2) is 22.1. The van der Waals surface area contributed by atoms with Crippen LogP contribution in [0.15, 0.2) is 36.4 Å². The molecule has 5 N–H and O–H groups in total. The predicted molar refractivity (Wildman–Crippen MR) is 248 cm³/mol. The first kappa shape index (κ1) is 49.5. The lowest BCUT2D eigenvalue weighted by Crippen LogP contribution is -2.53. The minimum absolute atomic E-state index is 0.0570. The Hall–Kier alpha value is -3.89. The molecule has 352 valence electrons. The molecule has 0 saturated heterocycles. The SMILES string of the molecule is CC12CCCCCC(Cc3c(F)cc(OC(=O)CCCCC(=O)Oc4cc(F)c5c(c4)C4(C)CCCCCC(C5)C4N)cc31)C2N.CCC1CCCc2c(F)cc(O)cc21.CCCC. The Balaban J connectivity index is 0.000000314. The Morgan fingerprint density at radius 3 is 1.56 bits per heavy atom. The molecule has 2 fully saturated rings. The molecule has 5 aliphatic rings. The summed E-state index contributed by atoms with van der Waals surface area (Å²) in [6.45, 7) is 10.7. The number of nitrogens with two attached hydrogens (primary N) is 2. The highest BCUT2D eigenvalue weighted by atomic mass is 19.1. The fourth-order valence-electron chi connectivity index (χ4n) is 11.5. The number of aromatic hydroxyl groups is 1. The van der Waals surface area contributed by atoms with Crippen molar-refractivity contribution >= 4 is 11.9 Å². The van der Waals surface area contributed by atoms with Crippen LogP contribution in [-0.4, -0.2) is 29.1 Å². The molecule has 7 nitrogen and oxygen atoms in total. The molecule has 0 heterocycles. The maximum absolute atomic E-state index is 15.3. The van der Waals surface area contributed by atoms with Crippen molar-refractivity contribution in [2.45, 2.75) is 205 Å². The first-order valence-electron chi connectivity index (χ1n) is 24.7. The number of fused-ring (bicyclic) bond motifs is 9. The van der Waals surface area contributed by atoms with Crippen LogP contribution in [0.1, 0.15) is 196 Å². The van der Waals surface area contributed by atoms with Crippen molar-refractivity contribution in [3.05, 3.63) is 87.2 Å². The number of esters is 2. The van der Waals surface area contributed by atoms with Crippen LogP contribution in [0.4, 0.5) is 13.2 Å². The van der Waals surface area contributed by atoms with Gasteiger partial charge in [-0.2, -0.15) is 0 Å². The van der Waals surface area contributed by atoms with Gasteiger partial charge in [0.25, 0.3) is 0 Å². The van der Waals surface area contributed by atoms with Crippen LogP contribution in [0.5, 0.6) is 17.2 Å². The second-order valence-corrected chi connectivity index (χ2v) is 20.0. The fraction of sp³-hybridized carbons (Fsp3) is 0.630. The molecule has 0 aliphatic heterocycles. The topological polar surface area (TPSA) is 125 Å². The molecule has 7 unspecified atom stereocenters. The van der Waals surface area contributed by atoms with Crippen molar-refractivity contribution < 1.29 is 37.3 Å². The normalized spacial score (nSPS) is 26.9. The van der Waals surface area contributed by atoms with E-state index in [2.05, 4.69) is 34.6 Å². The van der Waals surface area contributed by atoms with Crippen LogP contribution >= 0.6 is 0 Å². The average molecular weight is 889 g/mol. The minimum Gasteiger partial charge on any atom is -0.508 e. The molecule has 3 aromatic rings. The van der Waals surface area contributed by atoms with Crippen molar-refractivity contribution in [1.29, 1.82) is 0 Å². The van der Waals surface area contributed by atoms with E-state index in [1.165, 1.54) is 31.0 Å². The van der Waals surface area contributed by atoms with E-state index in [1.54, 1.807) is 6.07 Å². The predicted octanol–water partition coefficient (Wildman–Crippen LogP) is 12.6. The third-order valence-corrected chi connectivity index (χ3v) is 15.6. The number of rotatable bonds is 9. The third-order valence-electron chi connectivity index (χ3n) is 15.6. The zero-order valence-corrected chi connectivity index (χ0v) is 39.3. The largest absolute Gasteiger partial charge is 0.508 e. The highest BCUT2D eigenvalue weighted by molar-refractivity contribution is 5.74. The van der Waals surface area contributed by atoms with Gasteiger partial charge in [-0.25, -0.2) is 13.2 Å². The monoisotopic (exact) mass is 889 g/mol. The summed E-state index contributed by atoms with van der Waals surface area (Å²) in [4.78, 5) is 25.4. The molecule has 10 heteroatoms. The van der Waals surface area contributed by atoms with Gasteiger partial charge in [-0.15, -0.1) is 0 Å². The van der Waals surface area contributed by atoms with Crippen molar-refractivity contribution in [2.24, 2.45) is 23.3 Å². The zero-order chi connectivity index (χ0) is 46.2. The van der Waals surface area contributed by atoms with Gasteiger partial charge in [-0.05, 0) is 146 Å². The van der Waals surface area contributed by atoms with E-state index in [0.717, 1.165) is 112 Å². The molecule has 0 amide bonds. The average Bonchev–Trinajstić information content (AvgIpc) is 3.26. The number of carbonyl (C=O) groups excluding carboxylic acids is 2. The first-order valence-corrected chi connectivity index (χ1v) is 24.7. The van der Waals surface area contributed by atoms with E-state index >= 15 is 8.78 Å². The van der Waals surface area contributed by atoms with E-state index in [4.69, 9.17) is 20.9 Å². The molecule has 0 aromatic heterocycles. The number of ether oxygens (including phenoxy) is 2. The van der Waals surface area contributed by atoms with Gasteiger partial charge in [0, 0.05) is 54.0 Å². The third kappa shape index (κ3) is 11.2. The minimum atomic E-state index is -0.479. The first-order chi connectivity index (χ1) is 30.6. The van der Waals surface area contributed by atoms with Crippen molar-refractivity contribution in [3.8, 4) is 17.2 Å². The quantitative estimate of drug-likeness (QED) is 0.111. The molecule has 0 spiro atoms. The second-order valence-electron chi connectivity index (χ2n) is 20.0. The van der Waals surface area contributed by atoms with E-state index in [1.807, 2.05) is 12.1 Å². The number of benzene rings is 3. The summed E-state index contributed by atoms with van der Waals surface area (Å²) in [6.07, 6.45) is 19.3. The van der Waals surface area contributed by atoms with Gasteiger partial charge in [-0.1, -0.05) is 86.0 Å². The van der Waals surface area contributed by atoms with E-state index < -0.39 is 11.9 Å². The molecule has 64 heavy (non-hydrogen) atoms. The molecule has 0 radical (unpaired) electrons. The number of hydrogen-bond acceptors (Lipinski definition) is 7. The summed E-state index contributed by atoms with van der Waals surface area (Å²) in [6, 6.07) is 9.09. The van der Waals surface area contributed by atoms with Gasteiger partial charge in [0.05, 0.1) is 0 Å². The molecule has 5 aliphatic carbocycles. The smallest absolute Gasteiger partial charge is 0.311 e. The van der Waals surface area contributed by atoms with Gasteiger partial charge < -0.3 is 26.0 Å². The number of hydrogen-bond donors (Lipinski definition) is 3. The zero-order valence-electron chi connectivity index (χ0n) is 39.3. The number of carbonyl (C=O) groups is 2. The summed E-state index contributed by atoms with van der Waals surface area (Å²) in [5, 5.41) is 9.34. The molecule has 3 aromatic carbocycles. The number of unbranched alkanes of at least 4 members (excludes halogenated alkanes) is 2. The summed E-state index contributed by atoms with van der Waals surface area (Å²) >= 11 is 0. The van der Waals surface area contributed by atoms with Gasteiger partial charge in [0.15, 0.2) is 0 Å².